The van der Waals surface area contributed by atoms with E-state index in [0.717, 1.165) is 0 Å². The number of nitrogens with one attached hydrogen (secondary N) is 1. The van der Waals surface area contributed by atoms with Crippen LogP contribution in [-0.4, -0.2) is 19.6 Å². The Hall–Kier alpha value is -1.97. The fourth-order valence-corrected chi connectivity index (χ4v) is 3.21. The number of rotatable bonds is 7. The van der Waals surface area contributed by atoms with Gasteiger partial charge in [0, 0.05) is 5.56 Å². The van der Waals surface area contributed by atoms with Crippen LogP contribution in [0.5, 0.6) is 0 Å². The van der Waals surface area contributed by atoms with E-state index in [9.17, 15) is 21.6 Å². The molecule has 172 valence electrons. The molecule has 0 atom stereocenters. The number of sulfonamides is 1. The second kappa shape index (κ2) is 11.6. The van der Waals surface area contributed by atoms with Crippen molar-refractivity contribution in [3.05, 3.63) is 63.1 Å². The van der Waals surface area contributed by atoms with Crippen molar-refractivity contribution in [2.45, 2.75) is 46.2 Å². The van der Waals surface area contributed by atoms with Crippen LogP contribution in [0, 0.1) is 6.92 Å². The van der Waals surface area contributed by atoms with E-state index in [1.807, 2.05) is 13.8 Å². The molecule has 5 nitrogen and oxygen atoms in total. The number of aryl methyl sites for hydroxylation is 1. The first-order valence-electron chi connectivity index (χ1n) is 9.27. The molecule has 0 radical (unpaired) electrons. The second-order valence-corrected chi connectivity index (χ2v) is 8.50. The van der Waals surface area contributed by atoms with Gasteiger partial charge in [-0.25, -0.2) is 0 Å². The molecule has 0 fully saturated rings. The van der Waals surface area contributed by atoms with Crippen molar-refractivity contribution in [2.24, 2.45) is 5.16 Å². The maximum atomic E-state index is 12.7. The summed E-state index contributed by atoms with van der Waals surface area (Å²) in [6.07, 6.45) is 0.283. The third-order valence-corrected chi connectivity index (χ3v) is 5.60. The van der Waals surface area contributed by atoms with Gasteiger partial charge in [-0.2, -0.15) is 21.6 Å². The summed E-state index contributed by atoms with van der Waals surface area (Å²) < 4.78 is 62.8. The lowest BCUT2D eigenvalue weighted by atomic mass is 10.0. The summed E-state index contributed by atoms with van der Waals surface area (Å²) in [6, 6.07) is 9.14. The van der Waals surface area contributed by atoms with E-state index in [2.05, 4.69) is 5.16 Å². The van der Waals surface area contributed by atoms with E-state index in [4.69, 9.17) is 28.0 Å². The molecular weight excluding hydrogens is 476 g/mol. The Balaban J connectivity index is 0.00000233. The Morgan fingerprint density at radius 1 is 1.10 bits per heavy atom. The Kier molecular flexibility index (Phi) is 10.1. The highest BCUT2D eigenvalue weighted by Gasteiger charge is 2.46. The maximum Gasteiger partial charge on any atom is 0.516 e. The van der Waals surface area contributed by atoms with E-state index in [-0.39, 0.29) is 30.0 Å². The molecule has 0 heterocycles. The molecule has 0 unspecified atom stereocenters. The molecule has 0 aromatic heterocycles. The van der Waals surface area contributed by atoms with E-state index in [1.165, 1.54) is 18.2 Å². The number of alkyl halides is 3. The van der Waals surface area contributed by atoms with Crippen molar-refractivity contribution in [2.75, 3.05) is 4.72 Å². The first-order chi connectivity index (χ1) is 14.4. The number of hydrogen-bond donors (Lipinski definition) is 1. The maximum absolute atomic E-state index is 12.7. The lowest BCUT2D eigenvalue weighted by Gasteiger charge is -2.15. The standard InChI is InChI=1S/C18H17Cl2F3N2O3S.C2H6/c1-3-16(24-28-10-12-5-6-14(19)15(20)9-12)13-8-11(2)4-7-17(13)25-29(26,27)18(21,22)23;1-2/h4-9,25H,3,10H2,1-2H3;1-2H3/b24-16+;. The zero-order valence-electron chi connectivity index (χ0n) is 17.3. The summed E-state index contributed by atoms with van der Waals surface area (Å²) in [5.74, 6) is 0. The van der Waals surface area contributed by atoms with Crippen LogP contribution >= 0.6 is 23.2 Å². The minimum Gasteiger partial charge on any atom is -0.391 e. The predicted octanol–water partition coefficient (Wildman–Crippen LogP) is 6.92. The van der Waals surface area contributed by atoms with Crippen LogP contribution in [0.2, 0.25) is 10.0 Å². The Morgan fingerprint density at radius 3 is 2.29 bits per heavy atom. The van der Waals surface area contributed by atoms with E-state index < -0.39 is 15.5 Å². The molecule has 0 aliphatic rings. The molecule has 11 heteroatoms. The minimum absolute atomic E-state index is 0.0375. The van der Waals surface area contributed by atoms with Crippen molar-refractivity contribution in [3.63, 3.8) is 0 Å². The SMILES string of the molecule is CC.CC/C(=N\OCc1ccc(Cl)c(Cl)c1)c1cc(C)ccc1NS(=O)(=O)C(F)(F)F. The summed E-state index contributed by atoms with van der Waals surface area (Å²) >= 11 is 11.8. The highest BCUT2D eigenvalue weighted by atomic mass is 35.5. The molecule has 0 aliphatic heterocycles. The number of halogens is 5. The molecule has 0 saturated heterocycles. The van der Waals surface area contributed by atoms with E-state index in [0.29, 0.717) is 21.2 Å². The summed E-state index contributed by atoms with van der Waals surface area (Å²) in [5.41, 5.74) is -3.83. The zero-order chi connectivity index (χ0) is 23.8. The molecule has 1 N–H and O–H groups in total. The van der Waals surface area contributed by atoms with Gasteiger partial charge < -0.3 is 4.84 Å². The first-order valence-corrected chi connectivity index (χ1v) is 11.5. The molecule has 2 aromatic rings. The van der Waals surface area contributed by atoms with Crippen LogP contribution in [0.3, 0.4) is 0 Å². The first kappa shape index (κ1) is 27.1. The van der Waals surface area contributed by atoms with Gasteiger partial charge in [-0.15, -0.1) is 0 Å². The molecule has 0 spiro atoms. The highest BCUT2D eigenvalue weighted by molar-refractivity contribution is 7.93. The Bertz CT molecular complexity index is 1030. The average Bonchev–Trinajstić information content (AvgIpc) is 2.70. The molecule has 31 heavy (non-hydrogen) atoms. The van der Waals surface area contributed by atoms with Gasteiger partial charge >= 0.3 is 15.5 Å². The van der Waals surface area contributed by atoms with Gasteiger partial charge in [0.15, 0.2) is 0 Å². The molecule has 2 rings (SSSR count). The van der Waals surface area contributed by atoms with E-state index >= 15 is 0 Å². The predicted molar refractivity (Wildman–Crippen MR) is 119 cm³/mol. The summed E-state index contributed by atoms with van der Waals surface area (Å²) in [5, 5.41) is 4.70. The molecular formula is C20H23Cl2F3N2O3S. The van der Waals surface area contributed by atoms with Crippen LogP contribution in [0.1, 0.15) is 43.9 Å². The monoisotopic (exact) mass is 498 g/mol. The molecule has 0 bridgehead atoms. The Labute approximate surface area is 190 Å². The number of benzene rings is 2. The topological polar surface area (TPSA) is 67.8 Å². The zero-order valence-corrected chi connectivity index (χ0v) is 19.7. The van der Waals surface area contributed by atoms with Gasteiger partial charge in [-0.3, -0.25) is 4.72 Å². The van der Waals surface area contributed by atoms with Crippen molar-refractivity contribution < 1.29 is 26.4 Å². The number of anilines is 1. The smallest absolute Gasteiger partial charge is 0.391 e. The third-order valence-electron chi connectivity index (χ3n) is 3.76. The summed E-state index contributed by atoms with van der Waals surface area (Å²) in [7, 11) is -5.57. The Morgan fingerprint density at radius 2 is 1.74 bits per heavy atom. The van der Waals surface area contributed by atoms with Gasteiger partial charge in [-0.1, -0.05) is 66.8 Å². The van der Waals surface area contributed by atoms with Crippen molar-refractivity contribution in [3.8, 4) is 0 Å². The van der Waals surface area contributed by atoms with Gasteiger partial charge in [0.25, 0.3) is 0 Å². The fraction of sp³-hybridized carbons (Fsp3) is 0.350. The van der Waals surface area contributed by atoms with Crippen molar-refractivity contribution >= 4 is 44.6 Å². The summed E-state index contributed by atoms with van der Waals surface area (Å²) in [6.45, 7) is 7.47. The number of hydrogen-bond acceptors (Lipinski definition) is 4. The number of nitrogens with zero attached hydrogens (tertiary/aromatic N) is 1. The van der Waals surface area contributed by atoms with Gasteiger partial charge in [-0.05, 0) is 43.2 Å². The molecule has 2 aromatic carbocycles. The van der Waals surface area contributed by atoms with Crippen LogP contribution in [0.15, 0.2) is 41.6 Å². The van der Waals surface area contributed by atoms with Crippen LogP contribution in [-0.2, 0) is 21.5 Å². The largest absolute Gasteiger partial charge is 0.516 e. The summed E-state index contributed by atoms with van der Waals surface area (Å²) in [4.78, 5) is 5.30. The van der Waals surface area contributed by atoms with Crippen LogP contribution in [0.25, 0.3) is 0 Å². The average molecular weight is 499 g/mol. The van der Waals surface area contributed by atoms with Gasteiger partial charge in [0.2, 0.25) is 0 Å². The molecule has 0 saturated carbocycles. The molecule has 0 amide bonds. The second-order valence-electron chi connectivity index (χ2n) is 6.01. The van der Waals surface area contributed by atoms with Crippen molar-refractivity contribution in [1.29, 1.82) is 0 Å². The van der Waals surface area contributed by atoms with Gasteiger partial charge in [0.05, 0.1) is 21.4 Å². The minimum atomic E-state index is -5.57. The normalized spacial score (nSPS) is 12.1. The number of oxime groups is 1. The van der Waals surface area contributed by atoms with Gasteiger partial charge in [0.1, 0.15) is 6.61 Å². The van der Waals surface area contributed by atoms with E-state index in [1.54, 1.807) is 36.8 Å². The van der Waals surface area contributed by atoms with Crippen LogP contribution < -0.4 is 4.72 Å². The lowest BCUT2D eigenvalue weighted by molar-refractivity contribution is -0.0429. The fourth-order valence-electron chi connectivity index (χ4n) is 2.31. The van der Waals surface area contributed by atoms with Crippen LogP contribution in [0.4, 0.5) is 18.9 Å². The molecule has 0 aliphatic carbocycles. The quantitative estimate of drug-likeness (QED) is 0.332. The third kappa shape index (κ3) is 7.59. The highest BCUT2D eigenvalue weighted by Crippen LogP contribution is 2.28. The van der Waals surface area contributed by atoms with Crippen molar-refractivity contribution in [1.82, 2.24) is 0 Å². The lowest BCUT2D eigenvalue weighted by Crippen LogP contribution is -2.30.